The number of thiophene rings is 1. The third-order valence-corrected chi connectivity index (χ3v) is 5.22. The van der Waals surface area contributed by atoms with Gasteiger partial charge < -0.3 is 10.6 Å². The molecule has 1 aromatic carbocycles. The molecular formula is C18H22N2OS. The van der Waals surface area contributed by atoms with E-state index in [2.05, 4.69) is 31.2 Å². The quantitative estimate of drug-likeness (QED) is 0.945. The van der Waals surface area contributed by atoms with Crippen molar-refractivity contribution < 1.29 is 4.79 Å². The van der Waals surface area contributed by atoms with Crippen LogP contribution in [-0.4, -0.2) is 29.9 Å². The SMILES string of the molecule is CCc1ccc(C2CC(N)CN(C(=O)c3cccs3)C2)cc1. The van der Waals surface area contributed by atoms with Crippen molar-refractivity contribution in [2.24, 2.45) is 5.73 Å². The number of hydrogen-bond donors (Lipinski definition) is 1. The van der Waals surface area contributed by atoms with Crippen molar-refractivity contribution >= 4 is 17.2 Å². The maximum Gasteiger partial charge on any atom is 0.263 e. The van der Waals surface area contributed by atoms with E-state index in [4.69, 9.17) is 5.73 Å². The first kappa shape index (κ1) is 15.3. The van der Waals surface area contributed by atoms with Crippen molar-refractivity contribution in [3.63, 3.8) is 0 Å². The minimum atomic E-state index is 0.0495. The van der Waals surface area contributed by atoms with Crippen molar-refractivity contribution in [2.45, 2.75) is 31.7 Å². The number of piperidine rings is 1. The van der Waals surface area contributed by atoms with E-state index in [0.717, 1.165) is 24.3 Å². The highest BCUT2D eigenvalue weighted by Gasteiger charge is 2.29. The summed E-state index contributed by atoms with van der Waals surface area (Å²) in [6, 6.07) is 12.6. The first-order chi connectivity index (χ1) is 10.7. The highest BCUT2D eigenvalue weighted by molar-refractivity contribution is 7.12. The average molecular weight is 314 g/mol. The van der Waals surface area contributed by atoms with Crippen molar-refractivity contribution in [2.75, 3.05) is 13.1 Å². The molecule has 2 aromatic rings. The number of likely N-dealkylation sites (tertiary alicyclic amines) is 1. The summed E-state index contributed by atoms with van der Waals surface area (Å²) in [5.74, 6) is 0.443. The minimum Gasteiger partial charge on any atom is -0.336 e. The van der Waals surface area contributed by atoms with E-state index in [0.29, 0.717) is 12.5 Å². The largest absolute Gasteiger partial charge is 0.336 e. The van der Waals surface area contributed by atoms with E-state index in [1.54, 1.807) is 0 Å². The summed E-state index contributed by atoms with van der Waals surface area (Å²) < 4.78 is 0. The summed E-state index contributed by atoms with van der Waals surface area (Å²) in [7, 11) is 0. The smallest absolute Gasteiger partial charge is 0.263 e. The molecule has 1 amide bonds. The third kappa shape index (κ3) is 3.23. The van der Waals surface area contributed by atoms with Crippen molar-refractivity contribution in [1.82, 2.24) is 4.90 Å². The molecule has 3 rings (SSSR count). The van der Waals surface area contributed by atoms with Crippen LogP contribution in [0.4, 0.5) is 0 Å². The van der Waals surface area contributed by atoms with Crippen LogP contribution in [0.15, 0.2) is 41.8 Å². The molecule has 2 atom stereocenters. The Kier molecular flexibility index (Phi) is 4.60. The second-order valence-corrected chi connectivity index (χ2v) is 6.92. The number of rotatable bonds is 3. The summed E-state index contributed by atoms with van der Waals surface area (Å²) in [6.07, 6.45) is 1.99. The van der Waals surface area contributed by atoms with Crippen LogP contribution in [0, 0.1) is 0 Å². The molecule has 0 aliphatic carbocycles. The van der Waals surface area contributed by atoms with Gasteiger partial charge in [-0.25, -0.2) is 0 Å². The number of benzene rings is 1. The van der Waals surface area contributed by atoms with Crippen LogP contribution in [0.1, 0.15) is 40.1 Å². The molecule has 1 aromatic heterocycles. The Morgan fingerprint density at radius 3 is 2.68 bits per heavy atom. The van der Waals surface area contributed by atoms with Crippen molar-refractivity contribution in [3.8, 4) is 0 Å². The Bertz CT molecular complexity index is 621. The summed E-state index contributed by atoms with van der Waals surface area (Å²) >= 11 is 1.50. The summed E-state index contributed by atoms with van der Waals surface area (Å²) in [5.41, 5.74) is 8.84. The predicted molar refractivity (Wildman–Crippen MR) is 91.4 cm³/mol. The van der Waals surface area contributed by atoms with Crippen molar-refractivity contribution in [1.29, 1.82) is 0 Å². The molecule has 1 aliphatic heterocycles. The van der Waals surface area contributed by atoms with E-state index in [-0.39, 0.29) is 11.9 Å². The zero-order valence-electron chi connectivity index (χ0n) is 12.9. The number of amides is 1. The normalized spacial score (nSPS) is 21.8. The number of aryl methyl sites for hydroxylation is 1. The number of carbonyl (C=O) groups is 1. The highest BCUT2D eigenvalue weighted by atomic mass is 32.1. The molecule has 3 nitrogen and oxygen atoms in total. The molecule has 22 heavy (non-hydrogen) atoms. The fourth-order valence-corrected chi connectivity index (χ4v) is 3.82. The van der Waals surface area contributed by atoms with Gasteiger partial charge in [0.05, 0.1) is 4.88 Å². The van der Waals surface area contributed by atoms with Gasteiger partial charge in [-0.15, -0.1) is 11.3 Å². The van der Waals surface area contributed by atoms with E-state index < -0.39 is 0 Å². The summed E-state index contributed by atoms with van der Waals surface area (Å²) in [4.78, 5) is 15.3. The van der Waals surface area contributed by atoms with Crippen molar-refractivity contribution in [3.05, 3.63) is 57.8 Å². The molecule has 2 N–H and O–H groups in total. The van der Waals surface area contributed by atoms with E-state index in [9.17, 15) is 4.79 Å². The van der Waals surface area contributed by atoms with Gasteiger partial charge >= 0.3 is 0 Å². The minimum absolute atomic E-state index is 0.0495. The molecule has 1 saturated heterocycles. The Balaban J connectivity index is 1.76. The van der Waals surface area contributed by atoms with Gasteiger partial charge in [0, 0.05) is 25.0 Å². The molecular weight excluding hydrogens is 292 g/mol. The van der Waals surface area contributed by atoms with Crippen LogP contribution in [-0.2, 0) is 6.42 Å². The molecule has 1 fully saturated rings. The van der Waals surface area contributed by atoms with Crippen LogP contribution in [0.3, 0.4) is 0 Å². The molecule has 0 radical (unpaired) electrons. The second-order valence-electron chi connectivity index (χ2n) is 5.98. The third-order valence-electron chi connectivity index (χ3n) is 4.36. The standard InChI is InChI=1S/C18H22N2OS/c1-2-13-5-7-14(8-6-13)15-10-16(19)12-20(11-15)18(21)17-4-3-9-22-17/h3-9,15-16H,2,10-12,19H2,1H3. The van der Waals surface area contributed by atoms with Crippen LogP contribution < -0.4 is 5.73 Å². The van der Waals surface area contributed by atoms with E-state index in [1.807, 2.05) is 22.4 Å². The Hall–Kier alpha value is -1.65. The van der Waals surface area contributed by atoms with Gasteiger partial charge in [-0.1, -0.05) is 37.3 Å². The molecule has 4 heteroatoms. The molecule has 2 heterocycles. The summed E-state index contributed by atoms with van der Waals surface area (Å²) in [6.45, 7) is 3.57. The number of nitrogens with zero attached hydrogens (tertiary/aromatic N) is 1. The van der Waals surface area contributed by atoms with Crippen LogP contribution in [0.25, 0.3) is 0 Å². The first-order valence-electron chi connectivity index (χ1n) is 7.84. The molecule has 0 bridgehead atoms. The van der Waals surface area contributed by atoms with Gasteiger partial charge in [-0.3, -0.25) is 4.79 Å². The molecule has 1 aliphatic rings. The fraction of sp³-hybridized carbons (Fsp3) is 0.389. The lowest BCUT2D eigenvalue weighted by Crippen LogP contribution is -2.48. The Morgan fingerprint density at radius 2 is 2.05 bits per heavy atom. The molecule has 2 unspecified atom stereocenters. The van der Waals surface area contributed by atoms with Crippen LogP contribution in [0.2, 0.25) is 0 Å². The number of hydrogen-bond acceptors (Lipinski definition) is 3. The molecule has 0 saturated carbocycles. The Morgan fingerprint density at radius 1 is 1.27 bits per heavy atom. The monoisotopic (exact) mass is 314 g/mol. The highest BCUT2D eigenvalue weighted by Crippen LogP contribution is 2.28. The van der Waals surface area contributed by atoms with Crippen LogP contribution >= 0.6 is 11.3 Å². The Labute approximate surface area is 135 Å². The van der Waals surface area contributed by atoms with E-state index in [1.165, 1.54) is 22.5 Å². The van der Waals surface area contributed by atoms with Gasteiger partial charge in [0.1, 0.15) is 0 Å². The number of nitrogens with two attached hydrogens (primary N) is 1. The van der Waals surface area contributed by atoms with Gasteiger partial charge in [-0.05, 0) is 35.4 Å². The van der Waals surface area contributed by atoms with Gasteiger partial charge in [-0.2, -0.15) is 0 Å². The fourth-order valence-electron chi connectivity index (χ4n) is 3.13. The van der Waals surface area contributed by atoms with Crippen LogP contribution in [0.5, 0.6) is 0 Å². The zero-order valence-corrected chi connectivity index (χ0v) is 13.7. The lowest BCUT2D eigenvalue weighted by atomic mass is 9.87. The van der Waals surface area contributed by atoms with E-state index >= 15 is 0 Å². The topological polar surface area (TPSA) is 46.3 Å². The van der Waals surface area contributed by atoms with Gasteiger partial charge in [0.15, 0.2) is 0 Å². The lowest BCUT2D eigenvalue weighted by Gasteiger charge is -2.36. The molecule has 116 valence electrons. The van der Waals surface area contributed by atoms with Gasteiger partial charge in [0.25, 0.3) is 5.91 Å². The maximum absolute atomic E-state index is 12.6. The zero-order chi connectivity index (χ0) is 15.5. The maximum atomic E-state index is 12.6. The molecule has 0 spiro atoms. The average Bonchev–Trinajstić information content (AvgIpc) is 3.08. The lowest BCUT2D eigenvalue weighted by molar-refractivity contribution is 0.0694. The van der Waals surface area contributed by atoms with Gasteiger partial charge in [0.2, 0.25) is 0 Å². The predicted octanol–water partition coefficient (Wildman–Crippen LogP) is 3.27. The second kappa shape index (κ2) is 6.63. The summed E-state index contributed by atoms with van der Waals surface area (Å²) in [5, 5.41) is 1.94. The first-order valence-corrected chi connectivity index (χ1v) is 8.72. The number of carbonyl (C=O) groups excluding carboxylic acids is 1.